The lowest BCUT2D eigenvalue weighted by Crippen LogP contribution is -2.46. The first kappa shape index (κ1) is 20.4. The van der Waals surface area contributed by atoms with E-state index in [2.05, 4.69) is 15.2 Å². The maximum absolute atomic E-state index is 13.2. The molecule has 0 radical (unpaired) electrons. The van der Waals surface area contributed by atoms with Gasteiger partial charge in [0, 0.05) is 38.1 Å². The molecule has 1 aliphatic rings. The maximum atomic E-state index is 13.2. The van der Waals surface area contributed by atoms with Crippen molar-refractivity contribution in [1.82, 2.24) is 9.88 Å². The molecule has 10 heteroatoms. The molecule has 2 aromatic heterocycles. The first-order chi connectivity index (χ1) is 14.4. The summed E-state index contributed by atoms with van der Waals surface area (Å²) in [4.78, 5) is 20.9. The SMILES string of the molecule is O=C(Nc1cc(C(F)(F)F)ccc1N1CCN(Cc2cscn2)CC1)c1ccco1. The predicted molar refractivity (Wildman–Crippen MR) is 108 cm³/mol. The largest absolute Gasteiger partial charge is 0.459 e. The third-order valence-corrected chi connectivity index (χ3v) is 5.53. The fourth-order valence-electron chi connectivity index (χ4n) is 3.37. The van der Waals surface area contributed by atoms with Gasteiger partial charge in [0.25, 0.3) is 5.91 Å². The molecule has 1 fully saturated rings. The summed E-state index contributed by atoms with van der Waals surface area (Å²) in [6, 6.07) is 6.43. The summed E-state index contributed by atoms with van der Waals surface area (Å²) in [6.07, 6.45) is -3.17. The molecule has 30 heavy (non-hydrogen) atoms. The average Bonchev–Trinajstić information content (AvgIpc) is 3.42. The molecule has 0 aliphatic carbocycles. The van der Waals surface area contributed by atoms with Crippen LogP contribution < -0.4 is 10.2 Å². The number of aromatic nitrogens is 1. The normalized spacial score (nSPS) is 15.4. The number of amides is 1. The molecule has 1 aliphatic heterocycles. The van der Waals surface area contributed by atoms with E-state index in [-0.39, 0.29) is 11.4 Å². The highest BCUT2D eigenvalue weighted by atomic mass is 32.1. The van der Waals surface area contributed by atoms with Gasteiger partial charge in [0.1, 0.15) is 0 Å². The third-order valence-electron chi connectivity index (χ3n) is 4.90. The highest BCUT2D eigenvalue weighted by Crippen LogP contribution is 2.36. The van der Waals surface area contributed by atoms with E-state index >= 15 is 0 Å². The number of piperazine rings is 1. The van der Waals surface area contributed by atoms with Gasteiger partial charge in [-0.05, 0) is 30.3 Å². The Hall–Kier alpha value is -2.85. The number of hydrogen-bond donors (Lipinski definition) is 1. The van der Waals surface area contributed by atoms with Crippen molar-refractivity contribution in [2.45, 2.75) is 12.7 Å². The average molecular weight is 436 g/mol. The fourth-order valence-corrected chi connectivity index (χ4v) is 3.92. The number of nitrogens with one attached hydrogen (secondary N) is 1. The second-order valence-corrected chi connectivity index (χ2v) is 7.62. The summed E-state index contributed by atoms with van der Waals surface area (Å²) in [5, 5.41) is 4.58. The Labute approximate surface area is 174 Å². The van der Waals surface area contributed by atoms with Crippen molar-refractivity contribution in [3.63, 3.8) is 0 Å². The quantitative estimate of drug-likeness (QED) is 0.645. The van der Waals surface area contributed by atoms with Crippen LogP contribution in [0.25, 0.3) is 0 Å². The van der Waals surface area contributed by atoms with Gasteiger partial charge in [-0.2, -0.15) is 13.2 Å². The Morgan fingerprint density at radius 3 is 2.63 bits per heavy atom. The molecule has 4 rings (SSSR count). The van der Waals surface area contributed by atoms with Gasteiger partial charge < -0.3 is 14.6 Å². The number of hydrogen-bond acceptors (Lipinski definition) is 6. The summed E-state index contributed by atoms with van der Waals surface area (Å²) >= 11 is 1.55. The fraction of sp³-hybridized carbons (Fsp3) is 0.300. The number of nitrogens with zero attached hydrogens (tertiary/aromatic N) is 3. The van der Waals surface area contributed by atoms with Crippen molar-refractivity contribution < 1.29 is 22.4 Å². The van der Waals surface area contributed by atoms with E-state index in [4.69, 9.17) is 4.42 Å². The molecule has 1 N–H and O–H groups in total. The number of halogens is 3. The minimum absolute atomic E-state index is 0.0337. The van der Waals surface area contributed by atoms with E-state index < -0.39 is 17.6 Å². The first-order valence-electron chi connectivity index (χ1n) is 9.30. The molecule has 3 aromatic rings. The highest BCUT2D eigenvalue weighted by molar-refractivity contribution is 7.07. The van der Waals surface area contributed by atoms with Gasteiger partial charge in [0.05, 0.1) is 34.4 Å². The second kappa shape index (κ2) is 8.49. The zero-order valence-corrected chi connectivity index (χ0v) is 16.7. The van der Waals surface area contributed by atoms with Gasteiger partial charge in [0.15, 0.2) is 5.76 Å². The molecule has 6 nitrogen and oxygen atoms in total. The van der Waals surface area contributed by atoms with Crippen molar-refractivity contribution >= 4 is 28.6 Å². The van der Waals surface area contributed by atoms with E-state index in [1.165, 1.54) is 18.4 Å². The van der Waals surface area contributed by atoms with Crippen molar-refractivity contribution in [2.24, 2.45) is 0 Å². The number of carbonyl (C=O) groups excluding carboxylic acids is 1. The number of furan rings is 1. The van der Waals surface area contributed by atoms with E-state index in [1.54, 1.807) is 22.9 Å². The van der Waals surface area contributed by atoms with Gasteiger partial charge >= 0.3 is 6.18 Å². The number of thiazole rings is 1. The van der Waals surface area contributed by atoms with Crippen LogP contribution in [0.1, 0.15) is 21.8 Å². The smallest absolute Gasteiger partial charge is 0.416 e. The Morgan fingerprint density at radius 1 is 1.20 bits per heavy atom. The molecular formula is C20H19F3N4O2S. The van der Waals surface area contributed by atoms with E-state index in [0.29, 0.717) is 18.8 Å². The zero-order chi connectivity index (χ0) is 21.1. The third kappa shape index (κ3) is 4.65. The van der Waals surface area contributed by atoms with E-state index in [0.717, 1.165) is 37.5 Å². The molecule has 1 saturated heterocycles. The van der Waals surface area contributed by atoms with Gasteiger partial charge in [-0.15, -0.1) is 11.3 Å². The van der Waals surface area contributed by atoms with Crippen LogP contribution in [0.15, 0.2) is 51.9 Å². The number of anilines is 2. The number of rotatable bonds is 5. The van der Waals surface area contributed by atoms with E-state index in [1.807, 2.05) is 10.3 Å². The van der Waals surface area contributed by atoms with Crippen LogP contribution in [0, 0.1) is 0 Å². The van der Waals surface area contributed by atoms with E-state index in [9.17, 15) is 18.0 Å². The van der Waals surface area contributed by atoms with Crippen LogP contribution in [-0.4, -0.2) is 42.0 Å². The molecule has 0 unspecified atom stereocenters. The summed E-state index contributed by atoms with van der Waals surface area (Å²) < 4.78 is 44.7. The molecule has 1 amide bonds. The molecular weight excluding hydrogens is 417 g/mol. The van der Waals surface area contributed by atoms with Crippen LogP contribution in [0.4, 0.5) is 24.5 Å². The lowest BCUT2D eigenvalue weighted by atomic mass is 10.1. The lowest BCUT2D eigenvalue weighted by Gasteiger charge is -2.36. The summed E-state index contributed by atoms with van der Waals surface area (Å²) in [5.74, 6) is -0.561. The Morgan fingerprint density at radius 2 is 2.00 bits per heavy atom. The van der Waals surface area contributed by atoms with Gasteiger partial charge in [-0.25, -0.2) is 4.98 Å². The molecule has 3 heterocycles. The molecule has 0 atom stereocenters. The molecule has 1 aromatic carbocycles. The van der Waals surface area contributed by atoms with Crippen LogP contribution in [0.5, 0.6) is 0 Å². The van der Waals surface area contributed by atoms with Crippen LogP contribution in [0.2, 0.25) is 0 Å². The van der Waals surface area contributed by atoms with Crippen molar-refractivity contribution in [3.8, 4) is 0 Å². The van der Waals surface area contributed by atoms with Gasteiger partial charge in [-0.1, -0.05) is 0 Å². The van der Waals surface area contributed by atoms with Crippen molar-refractivity contribution in [1.29, 1.82) is 0 Å². The number of benzene rings is 1. The monoisotopic (exact) mass is 436 g/mol. The maximum Gasteiger partial charge on any atom is 0.416 e. The second-order valence-electron chi connectivity index (χ2n) is 6.90. The Kier molecular flexibility index (Phi) is 5.78. The first-order valence-corrected chi connectivity index (χ1v) is 10.2. The minimum atomic E-state index is -4.51. The standard InChI is InChI=1S/C20H19F3N4O2S/c21-20(22,23)14-3-4-17(16(10-14)25-19(28)18-2-1-9-29-18)27-7-5-26(6-8-27)11-15-12-30-13-24-15/h1-4,9-10,12-13H,5-8,11H2,(H,25,28). The van der Waals surface area contributed by atoms with Crippen LogP contribution in [-0.2, 0) is 12.7 Å². The van der Waals surface area contributed by atoms with Crippen LogP contribution in [0.3, 0.4) is 0 Å². The topological polar surface area (TPSA) is 61.6 Å². The Balaban J connectivity index is 1.52. The Bertz CT molecular complexity index is 982. The summed E-state index contributed by atoms with van der Waals surface area (Å²) in [6.45, 7) is 3.47. The lowest BCUT2D eigenvalue weighted by molar-refractivity contribution is -0.137. The summed E-state index contributed by atoms with van der Waals surface area (Å²) in [5.41, 5.74) is 2.65. The van der Waals surface area contributed by atoms with Crippen LogP contribution >= 0.6 is 11.3 Å². The van der Waals surface area contributed by atoms with Gasteiger partial charge in [0.2, 0.25) is 0 Å². The molecule has 0 saturated carbocycles. The number of alkyl halides is 3. The van der Waals surface area contributed by atoms with Gasteiger partial charge in [-0.3, -0.25) is 9.69 Å². The molecule has 0 bridgehead atoms. The number of carbonyl (C=O) groups is 1. The predicted octanol–water partition coefficient (Wildman–Crippen LogP) is 4.33. The highest BCUT2D eigenvalue weighted by Gasteiger charge is 2.32. The van der Waals surface area contributed by atoms with Crippen molar-refractivity contribution in [2.75, 3.05) is 36.4 Å². The molecule has 0 spiro atoms. The molecule has 158 valence electrons. The van der Waals surface area contributed by atoms with Crippen molar-refractivity contribution in [3.05, 3.63) is 64.5 Å². The summed E-state index contributed by atoms with van der Waals surface area (Å²) in [7, 11) is 0. The minimum Gasteiger partial charge on any atom is -0.459 e. The zero-order valence-electron chi connectivity index (χ0n) is 15.9.